The summed E-state index contributed by atoms with van der Waals surface area (Å²) in [4.78, 5) is 23.4. The van der Waals surface area contributed by atoms with E-state index in [0.29, 0.717) is 0 Å². The zero-order valence-electron chi connectivity index (χ0n) is 8.15. The predicted octanol–water partition coefficient (Wildman–Crippen LogP) is -0.0717. The molecule has 1 aliphatic rings. The fourth-order valence-corrected chi connectivity index (χ4v) is 1.38. The normalized spacial score (nSPS) is 20.4. The van der Waals surface area contributed by atoms with Gasteiger partial charge in [-0.25, -0.2) is 9.59 Å². The lowest BCUT2D eigenvalue weighted by Gasteiger charge is -2.31. The number of aliphatic carboxylic acids is 1. The van der Waals surface area contributed by atoms with Crippen molar-refractivity contribution in [1.82, 2.24) is 4.90 Å². The third-order valence-electron chi connectivity index (χ3n) is 2.24. The molecule has 0 aromatic carbocycles. The first-order valence-electron chi connectivity index (χ1n) is 4.19. The van der Waals surface area contributed by atoms with Gasteiger partial charge in [0.2, 0.25) is 0 Å². The minimum absolute atomic E-state index is 0.0581. The first kappa shape index (κ1) is 10.8. The van der Waals surface area contributed by atoms with Crippen LogP contribution in [0.1, 0.15) is 6.92 Å². The van der Waals surface area contributed by atoms with Crippen molar-refractivity contribution in [3.63, 3.8) is 0 Å². The molecule has 1 saturated heterocycles. The summed E-state index contributed by atoms with van der Waals surface area (Å²) < 4.78 is 9.47. The van der Waals surface area contributed by atoms with E-state index in [2.05, 4.69) is 4.74 Å². The van der Waals surface area contributed by atoms with E-state index < -0.39 is 17.6 Å². The summed E-state index contributed by atoms with van der Waals surface area (Å²) in [7, 11) is 1.39. The number of carboxylic acid groups (broad SMARTS) is 1. The van der Waals surface area contributed by atoms with Gasteiger partial charge in [-0.1, -0.05) is 0 Å². The number of nitrogens with zero attached hydrogens (tertiary/aromatic N) is 1. The molecule has 6 heteroatoms. The molecular weight excluding hydrogens is 190 g/mol. The standard InChI is InChI=1S/C8H13NO5/c1-8(5-13-2,6(10)11)9-3-4-14-7(9)12/h3-5H2,1-2H3,(H,10,11). The molecule has 0 aromatic heterocycles. The molecule has 0 saturated carbocycles. The molecule has 6 nitrogen and oxygen atoms in total. The molecule has 1 atom stereocenters. The van der Waals surface area contributed by atoms with Crippen LogP contribution in [0.5, 0.6) is 0 Å². The van der Waals surface area contributed by atoms with Crippen LogP contribution in [0.4, 0.5) is 4.79 Å². The molecule has 1 N–H and O–H groups in total. The van der Waals surface area contributed by atoms with E-state index in [9.17, 15) is 9.59 Å². The van der Waals surface area contributed by atoms with Crippen molar-refractivity contribution in [2.75, 3.05) is 26.9 Å². The maximum Gasteiger partial charge on any atom is 0.410 e. The smallest absolute Gasteiger partial charge is 0.410 e. The summed E-state index contributed by atoms with van der Waals surface area (Å²) in [5.41, 5.74) is -1.34. The SMILES string of the molecule is COCC(C)(C(=O)O)N1CCOC1=O. The zero-order valence-corrected chi connectivity index (χ0v) is 8.15. The average Bonchev–Trinajstić information content (AvgIpc) is 2.51. The molecule has 0 spiro atoms. The molecule has 1 heterocycles. The number of hydrogen-bond acceptors (Lipinski definition) is 4. The van der Waals surface area contributed by atoms with Gasteiger partial charge in [0.1, 0.15) is 6.61 Å². The Morgan fingerprint density at radius 1 is 1.79 bits per heavy atom. The van der Waals surface area contributed by atoms with Crippen molar-refractivity contribution < 1.29 is 24.2 Å². The third kappa shape index (κ3) is 1.65. The Morgan fingerprint density at radius 3 is 2.79 bits per heavy atom. The van der Waals surface area contributed by atoms with E-state index in [4.69, 9.17) is 9.84 Å². The Balaban J connectivity index is 2.86. The summed E-state index contributed by atoms with van der Waals surface area (Å²) in [6.45, 7) is 1.89. The fraction of sp³-hybridized carbons (Fsp3) is 0.750. The fourth-order valence-electron chi connectivity index (χ4n) is 1.38. The van der Waals surface area contributed by atoms with Crippen LogP contribution in [0.2, 0.25) is 0 Å². The number of carbonyl (C=O) groups excluding carboxylic acids is 1. The molecule has 1 fully saturated rings. The van der Waals surface area contributed by atoms with E-state index in [0.717, 1.165) is 0 Å². The largest absolute Gasteiger partial charge is 0.479 e. The van der Waals surface area contributed by atoms with Gasteiger partial charge in [0.25, 0.3) is 0 Å². The lowest BCUT2D eigenvalue weighted by atomic mass is 10.0. The summed E-state index contributed by atoms with van der Waals surface area (Å²) >= 11 is 0. The average molecular weight is 203 g/mol. The number of carboxylic acids is 1. The van der Waals surface area contributed by atoms with E-state index in [1.54, 1.807) is 0 Å². The monoisotopic (exact) mass is 203 g/mol. The van der Waals surface area contributed by atoms with Crippen molar-refractivity contribution in [2.24, 2.45) is 0 Å². The van der Waals surface area contributed by atoms with Gasteiger partial charge >= 0.3 is 12.1 Å². The molecule has 0 radical (unpaired) electrons. The Labute approximate surface area is 81.4 Å². The minimum Gasteiger partial charge on any atom is -0.479 e. The number of carbonyl (C=O) groups is 2. The molecule has 1 aliphatic heterocycles. The number of cyclic esters (lactones) is 1. The van der Waals surface area contributed by atoms with E-state index in [-0.39, 0.29) is 19.8 Å². The van der Waals surface area contributed by atoms with Gasteiger partial charge in [0, 0.05) is 7.11 Å². The second-order valence-corrected chi connectivity index (χ2v) is 3.28. The topological polar surface area (TPSA) is 76.1 Å². The molecule has 1 rings (SSSR count). The van der Waals surface area contributed by atoms with Gasteiger partial charge in [0.05, 0.1) is 13.2 Å². The van der Waals surface area contributed by atoms with Crippen molar-refractivity contribution in [2.45, 2.75) is 12.5 Å². The van der Waals surface area contributed by atoms with Crippen LogP contribution in [0.3, 0.4) is 0 Å². The number of hydrogen-bond donors (Lipinski definition) is 1. The lowest BCUT2D eigenvalue weighted by molar-refractivity contribution is -0.151. The molecule has 0 aromatic rings. The molecule has 0 aliphatic carbocycles. The van der Waals surface area contributed by atoms with Crippen molar-refractivity contribution in [1.29, 1.82) is 0 Å². The minimum atomic E-state index is -1.34. The Hall–Kier alpha value is -1.30. The van der Waals surface area contributed by atoms with Crippen LogP contribution in [-0.4, -0.2) is 54.5 Å². The van der Waals surface area contributed by atoms with Crippen LogP contribution in [0.15, 0.2) is 0 Å². The van der Waals surface area contributed by atoms with E-state index in [1.807, 2.05) is 0 Å². The van der Waals surface area contributed by atoms with Crippen molar-refractivity contribution >= 4 is 12.1 Å². The highest BCUT2D eigenvalue weighted by atomic mass is 16.6. The second-order valence-electron chi connectivity index (χ2n) is 3.28. The Morgan fingerprint density at radius 2 is 2.43 bits per heavy atom. The van der Waals surface area contributed by atoms with Crippen LogP contribution < -0.4 is 0 Å². The maximum absolute atomic E-state index is 11.2. The highest BCUT2D eigenvalue weighted by molar-refractivity contribution is 5.84. The second kappa shape index (κ2) is 3.83. The van der Waals surface area contributed by atoms with Gasteiger partial charge in [-0.2, -0.15) is 0 Å². The van der Waals surface area contributed by atoms with Crippen LogP contribution >= 0.6 is 0 Å². The lowest BCUT2D eigenvalue weighted by Crippen LogP contribution is -2.55. The summed E-state index contributed by atoms with van der Waals surface area (Å²) in [5.74, 6) is -1.10. The number of methoxy groups -OCH3 is 1. The Kier molecular flexibility index (Phi) is 2.95. The van der Waals surface area contributed by atoms with Crippen LogP contribution in [-0.2, 0) is 14.3 Å². The molecular formula is C8H13NO5. The predicted molar refractivity (Wildman–Crippen MR) is 46.0 cm³/mol. The summed E-state index contributed by atoms with van der Waals surface area (Å²) in [5, 5.41) is 9.01. The quantitative estimate of drug-likeness (QED) is 0.692. The van der Waals surface area contributed by atoms with Crippen LogP contribution in [0, 0.1) is 0 Å². The first-order chi connectivity index (χ1) is 6.52. The van der Waals surface area contributed by atoms with Crippen LogP contribution in [0.25, 0.3) is 0 Å². The molecule has 80 valence electrons. The maximum atomic E-state index is 11.2. The highest BCUT2D eigenvalue weighted by Gasteiger charge is 2.45. The molecule has 1 amide bonds. The number of rotatable bonds is 4. The number of ether oxygens (including phenoxy) is 2. The number of amides is 1. The first-order valence-corrected chi connectivity index (χ1v) is 4.19. The van der Waals surface area contributed by atoms with Gasteiger partial charge < -0.3 is 14.6 Å². The Bertz CT molecular complexity index is 254. The van der Waals surface area contributed by atoms with Gasteiger partial charge in [-0.05, 0) is 6.92 Å². The van der Waals surface area contributed by atoms with Gasteiger partial charge in [-0.15, -0.1) is 0 Å². The third-order valence-corrected chi connectivity index (χ3v) is 2.24. The van der Waals surface area contributed by atoms with Crippen molar-refractivity contribution in [3.8, 4) is 0 Å². The highest BCUT2D eigenvalue weighted by Crippen LogP contribution is 2.20. The molecule has 14 heavy (non-hydrogen) atoms. The van der Waals surface area contributed by atoms with E-state index in [1.165, 1.54) is 18.9 Å². The summed E-state index contributed by atoms with van der Waals surface area (Å²) in [6.07, 6.45) is -0.605. The van der Waals surface area contributed by atoms with Gasteiger partial charge in [-0.3, -0.25) is 4.90 Å². The van der Waals surface area contributed by atoms with Crippen molar-refractivity contribution in [3.05, 3.63) is 0 Å². The molecule has 1 unspecified atom stereocenters. The zero-order chi connectivity index (χ0) is 10.8. The van der Waals surface area contributed by atoms with E-state index >= 15 is 0 Å². The summed E-state index contributed by atoms with van der Waals surface area (Å²) in [6, 6.07) is 0. The molecule has 0 bridgehead atoms. The van der Waals surface area contributed by atoms with Gasteiger partial charge in [0.15, 0.2) is 5.54 Å².